The first-order chi connectivity index (χ1) is 6.97. The van der Waals surface area contributed by atoms with Crippen molar-refractivity contribution in [1.29, 1.82) is 0 Å². The van der Waals surface area contributed by atoms with E-state index in [1.807, 2.05) is 0 Å². The highest BCUT2D eigenvalue weighted by Gasteiger charge is 2.45. The van der Waals surface area contributed by atoms with E-state index in [1.165, 1.54) is 6.42 Å². The Balaban J connectivity index is 2.13. The summed E-state index contributed by atoms with van der Waals surface area (Å²) in [4.78, 5) is 11.6. The van der Waals surface area contributed by atoms with E-state index in [-0.39, 0.29) is 11.9 Å². The highest BCUT2D eigenvalue weighted by molar-refractivity contribution is 5.81. The van der Waals surface area contributed by atoms with Gasteiger partial charge in [-0.25, -0.2) is 0 Å². The molecule has 0 aromatic rings. The molecule has 0 aromatic heterocycles. The summed E-state index contributed by atoms with van der Waals surface area (Å²) in [5.74, 6) is 0.672. The molecular formula is C12H24N2O. The smallest absolute Gasteiger partial charge is 0.236 e. The maximum absolute atomic E-state index is 11.6. The molecule has 88 valence electrons. The summed E-state index contributed by atoms with van der Waals surface area (Å²) in [7, 11) is 0. The van der Waals surface area contributed by atoms with Crippen molar-refractivity contribution in [1.82, 2.24) is 5.32 Å². The molecule has 3 nitrogen and oxygen atoms in total. The predicted molar refractivity (Wildman–Crippen MR) is 62.4 cm³/mol. The highest BCUT2D eigenvalue weighted by Crippen LogP contribution is 2.50. The van der Waals surface area contributed by atoms with Gasteiger partial charge in [0.05, 0.1) is 6.04 Å². The zero-order chi connectivity index (χ0) is 11.5. The lowest BCUT2D eigenvalue weighted by Gasteiger charge is -2.12. The van der Waals surface area contributed by atoms with Gasteiger partial charge in [-0.05, 0) is 24.2 Å². The minimum absolute atomic E-state index is 0.0196. The van der Waals surface area contributed by atoms with Crippen molar-refractivity contribution in [2.75, 3.05) is 6.54 Å². The summed E-state index contributed by atoms with van der Waals surface area (Å²) in [5.41, 5.74) is 6.20. The fraction of sp³-hybridized carbons (Fsp3) is 0.917. The molecule has 3 N–H and O–H groups in total. The zero-order valence-corrected chi connectivity index (χ0v) is 10.2. The molecule has 1 aliphatic rings. The maximum atomic E-state index is 11.6. The SMILES string of the molecule is CCCC[C@H](N)C(=O)NCC1CC1(C)C. The molecule has 2 atom stereocenters. The van der Waals surface area contributed by atoms with Gasteiger partial charge in [0.15, 0.2) is 0 Å². The second kappa shape index (κ2) is 4.97. The molecule has 0 aromatic carbocycles. The molecule has 3 heteroatoms. The van der Waals surface area contributed by atoms with Gasteiger partial charge >= 0.3 is 0 Å². The second-order valence-electron chi connectivity index (χ2n) is 5.38. The summed E-state index contributed by atoms with van der Waals surface area (Å²) in [6.07, 6.45) is 4.15. The molecule has 0 spiro atoms. The number of nitrogens with one attached hydrogen (secondary N) is 1. The molecule has 1 rings (SSSR count). The number of amides is 1. The zero-order valence-electron chi connectivity index (χ0n) is 10.2. The fourth-order valence-corrected chi connectivity index (χ4v) is 1.83. The Morgan fingerprint density at radius 2 is 2.20 bits per heavy atom. The van der Waals surface area contributed by atoms with Crippen molar-refractivity contribution in [3.63, 3.8) is 0 Å². The summed E-state index contributed by atoms with van der Waals surface area (Å²) in [6.45, 7) is 7.38. The molecule has 0 aliphatic heterocycles. The van der Waals surface area contributed by atoms with Gasteiger partial charge in [-0.1, -0.05) is 33.6 Å². The van der Waals surface area contributed by atoms with Gasteiger partial charge < -0.3 is 11.1 Å². The van der Waals surface area contributed by atoms with Gasteiger partial charge in [0.25, 0.3) is 0 Å². The largest absolute Gasteiger partial charge is 0.354 e. The van der Waals surface area contributed by atoms with Crippen molar-refractivity contribution in [2.24, 2.45) is 17.1 Å². The molecule has 0 radical (unpaired) electrons. The third-order valence-electron chi connectivity index (χ3n) is 3.45. The second-order valence-corrected chi connectivity index (χ2v) is 5.38. The van der Waals surface area contributed by atoms with E-state index in [1.54, 1.807) is 0 Å². The third kappa shape index (κ3) is 3.82. The van der Waals surface area contributed by atoms with Crippen LogP contribution in [0.25, 0.3) is 0 Å². The summed E-state index contributed by atoms with van der Waals surface area (Å²) in [6, 6.07) is -0.313. The van der Waals surface area contributed by atoms with Crippen molar-refractivity contribution in [2.45, 2.75) is 52.5 Å². The Morgan fingerprint density at radius 1 is 1.60 bits per heavy atom. The van der Waals surface area contributed by atoms with Gasteiger partial charge in [0, 0.05) is 6.54 Å². The summed E-state index contributed by atoms with van der Waals surface area (Å²) < 4.78 is 0. The van der Waals surface area contributed by atoms with Crippen LogP contribution < -0.4 is 11.1 Å². The predicted octanol–water partition coefficient (Wildman–Crippen LogP) is 1.67. The number of carbonyl (C=O) groups is 1. The molecule has 1 saturated carbocycles. The molecule has 1 aliphatic carbocycles. The Kier molecular flexibility index (Phi) is 4.14. The van der Waals surface area contributed by atoms with E-state index in [4.69, 9.17) is 5.73 Å². The lowest BCUT2D eigenvalue weighted by atomic mass is 10.1. The van der Waals surface area contributed by atoms with E-state index >= 15 is 0 Å². The Morgan fingerprint density at radius 3 is 2.67 bits per heavy atom. The van der Waals surface area contributed by atoms with Crippen LogP contribution in [0.3, 0.4) is 0 Å². The maximum Gasteiger partial charge on any atom is 0.236 e. The number of carbonyl (C=O) groups excluding carboxylic acids is 1. The van der Waals surface area contributed by atoms with Crippen LogP contribution in [0.1, 0.15) is 46.5 Å². The summed E-state index contributed by atoms with van der Waals surface area (Å²) in [5, 5.41) is 2.94. The minimum Gasteiger partial charge on any atom is -0.354 e. The van der Waals surface area contributed by atoms with Crippen LogP contribution in [-0.2, 0) is 4.79 Å². The molecular weight excluding hydrogens is 188 g/mol. The first kappa shape index (κ1) is 12.5. The summed E-state index contributed by atoms with van der Waals surface area (Å²) >= 11 is 0. The van der Waals surface area contributed by atoms with Gasteiger partial charge in [-0.3, -0.25) is 4.79 Å². The number of rotatable bonds is 6. The molecule has 1 amide bonds. The molecule has 1 fully saturated rings. The van der Waals surface area contributed by atoms with Gasteiger partial charge in [0.2, 0.25) is 5.91 Å². The highest BCUT2D eigenvalue weighted by atomic mass is 16.2. The van der Waals surface area contributed by atoms with E-state index in [2.05, 4.69) is 26.1 Å². The average molecular weight is 212 g/mol. The molecule has 1 unspecified atom stereocenters. The van der Waals surface area contributed by atoms with Crippen LogP contribution in [0.4, 0.5) is 0 Å². The van der Waals surface area contributed by atoms with Crippen LogP contribution >= 0.6 is 0 Å². The van der Waals surface area contributed by atoms with Gasteiger partial charge in [0.1, 0.15) is 0 Å². The van der Waals surface area contributed by atoms with E-state index in [0.29, 0.717) is 11.3 Å². The molecule has 0 saturated heterocycles. The first-order valence-corrected chi connectivity index (χ1v) is 6.00. The van der Waals surface area contributed by atoms with Crippen molar-refractivity contribution < 1.29 is 4.79 Å². The number of hydrogen-bond acceptors (Lipinski definition) is 2. The Hall–Kier alpha value is -0.570. The standard InChI is InChI=1S/C12H24N2O/c1-4-5-6-10(13)11(15)14-8-9-7-12(9,2)3/h9-10H,4-8,13H2,1-3H3,(H,14,15)/t9?,10-/m0/s1. The van der Waals surface area contributed by atoms with Crippen LogP contribution in [-0.4, -0.2) is 18.5 Å². The van der Waals surface area contributed by atoms with Gasteiger partial charge in [-0.2, -0.15) is 0 Å². The topological polar surface area (TPSA) is 55.1 Å². The van der Waals surface area contributed by atoms with Crippen LogP contribution in [0.5, 0.6) is 0 Å². The van der Waals surface area contributed by atoms with Crippen LogP contribution in [0.15, 0.2) is 0 Å². The quantitative estimate of drug-likeness (QED) is 0.703. The normalized spacial score (nSPS) is 24.7. The number of unbranched alkanes of at least 4 members (excludes halogenated alkanes) is 1. The van der Waals surface area contributed by atoms with Crippen molar-refractivity contribution in [3.8, 4) is 0 Å². The number of nitrogens with two attached hydrogens (primary N) is 1. The van der Waals surface area contributed by atoms with Crippen LogP contribution in [0.2, 0.25) is 0 Å². The Labute approximate surface area is 92.8 Å². The van der Waals surface area contributed by atoms with Crippen LogP contribution in [0, 0.1) is 11.3 Å². The van der Waals surface area contributed by atoms with Crippen molar-refractivity contribution >= 4 is 5.91 Å². The van der Waals surface area contributed by atoms with E-state index < -0.39 is 0 Å². The van der Waals surface area contributed by atoms with E-state index in [9.17, 15) is 4.79 Å². The minimum atomic E-state index is -0.313. The lowest BCUT2D eigenvalue weighted by Crippen LogP contribution is -2.41. The number of hydrogen-bond donors (Lipinski definition) is 2. The lowest BCUT2D eigenvalue weighted by molar-refractivity contribution is -0.122. The fourth-order valence-electron chi connectivity index (χ4n) is 1.83. The Bertz CT molecular complexity index is 226. The van der Waals surface area contributed by atoms with Gasteiger partial charge in [-0.15, -0.1) is 0 Å². The monoisotopic (exact) mass is 212 g/mol. The average Bonchev–Trinajstić information content (AvgIpc) is 2.79. The first-order valence-electron chi connectivity index (χ1n) is 6.00. The molecule has 0 bridgehead atoms. The third-order valence-corrected chi connectivity index (χ3v) is 3.45. The molecule has 0 heterocycles. The van der Waals surface area contributed by atoms with E-state index in [0.717, 1.165) is 25.8 Å². The molecule has 15 heavy (non-hydrogen) atoms. The van der Waals surface area contributed by atoms with Crippen molar-refractivity contribution in [3.05, 3.63) is 0 Å².